The average Bonchev–Trinajstić information content (AvgIpc) is 1.27. The summed E-state index contributed by atoms with van der Waals surface area (Å²) >= 11 is 0. The van der Waals surface area contributed by atoms with Gasteiger partial charge in [-0.1, -0.05) is 0 Å². The van der Waals surface area contributed by atoms with Crippen molar-refractivity contribution in [3.63, 3.8) is 0 Å². The van der Waals surface area contributed by atoms with Crippen molar-refractivity contribution in [2.24, 2.45) is 0 Å². The van der Waals surface area contributed by atoms with Crippen molar-refractivity contribution in [2.75, 3.05) is 0 Å². The van der Waals surface area contributed by atoms with Crippen LogP contribution < -0.4 is 5.32 Å². The Morgan fingerprint density at radius 2 is 1.71 bits per heavy atom. The van der Waals surface area contributed by atoms with E-state index in [1.54, 1.807) is 6.92 Å². The lowest BCUT2D eigenvalue weighted by Gasteiger charge is -2.06. The standard InChI is InChI=1S/C5H12NO/c1-4(2)6-5(3)7/h4-6H,1-3H3. The third kappa shape index (κ3) is 5.92. The summed E-state index contributed by atoms with van der Waals surface area (Å²) in [6.45, 7) is 5.50. The van der Waals surface area contributed by atoms with E-state index < -0.39 is 6.23 Å². The van der Waals surface area contributed by atoms with E-state index in [0.29, 0.717) is 6.04 Å². The molecule has 0 aromatic carbocycles. The lowest BCUT2D eigenvalue weighted by molar-refractivity contribution is 0.0679. The second-order valence-corrected chi connectivity index (χ2v) is 1.96. The zero-order valence-corrected chi connectivity index (χ0v) is 5.06. The van der Waals surface area contributed by atoms with E-state index in [9.17, 15) is 5.11 Å². The van der Waals surface area contributed by atoms with Crippen LogP contribution in [0.15, 0.2) is 0 Å². The van der Waals surface area contributed by atoms with Crippen LogP contribution >= 0.6 is 0 Å². The zero-order valence-electron chi connectivity index (χ0n) is 5.06. The third-order valence-corrected chi connectivity index (χ3v) is 0.568. The van der Waals surface area contributed by atoms with Gasteiger partial charge < -0.3 is 0 Å². The molecule has 0 aliphatic carbocycles. The fourth-order valence-corrected chi connectivity index (χ4v) is 0.469. The van der Waals surface area contributed by atoms with Crippen molar-refractivity contribution in [1.29, 1.82) is 0 Å². The normalized spacial score (nSPS) is 15.0. The summed E-state index contributed by atoms with van der Waals surface area (Å²) in [5, 5.41) is 13.0. The van der Waals surface area contributed by atoms with Crippen LogP contribution in [0.4, 0.5) is 0 Å². The summed E-state index contributed by atoms with van der Waals surface area (Å²) in [6, 6.07) is 0.312. The van der Waals surface area contributed by atoms with Crippen molar-refractivity contribution in [1.82, 2.24) is 5.32 Å². The Balaban J connectivity index is 2.95. The van der Waals surface area contributed by atoms with Crippen LogP contribution in [0.2, 0.25) is 0 Å². The lowest BCUT2D eigenvalue weighted by atomic mass is 10.4. The van der Waals surface area contributed by atoms with Gasteiger partial charge in [-0.3, -0.25) is 5.32 Å². The van der Waals surface area contributed by atoms with Gasteiger partial charge in [0.05, 0.1) is 0 Å². The third-order valence-electron chi connectivity index (χ3n) is 0.568. The van der Waals surface area contributed by atoms with E-state index in [1.807, 2.05) is 13.8 Å². The first kappa shape index (κ1) is 6.92. The molecule has 0 aromatic heterocycles. The summed E-state index contributed by atoms with van der Waals surface area (Å²) in [5.74, 6) is 0. The van der Waals surface area contributed by atoms with Crippen molar-refractivity contribution < 1.29 is 5.11 Å². The predicted molar refractivity (Wildman–Crippen MR) is 28.4 cm³/mol. The van der Waals surface area contributed by atoms with Crippen LogP contribution in [0.25, 0.3) is 0 Å². The van der Waals surface area contributed by atoms with Crippen molar-refractivity contribution >= 4 is 0 Å². The minimum Gasteiger partial charge on any atom is -0.287 e. The first-order chi connectivity index (χ1) is 3.13. The molecule has 1 atom stereocenters. The maximum Gasteiger partial charge on any atom is 0.141 e. The number of nitrogens with one attached hydrogen (secondary N) is 1. The molecular formula is C5H12NO. The Morgan fingerprint density at radius 3 is 1.71 bits per heavy atom. The van der Waals surface area contributed by atoms with Gasteiger partial charge in [0, 0.05) is 6.04 Å². The molecule has 0 aromatic rings. The van der Waals surface area contributed by atoms with Crippen molar-refractivity contribution in [3.05, 3.63) is 0 Å². The van der Waals surface area contributed by atoms with Crippen LogP contribution in [0.1, 0.15) is 20.8 Å². The Hall–Kier alpha value is -0.0800. The highest BCUT2D eigenvalue weighted by Crippen LogP contribution is 1.78. The molecule has 0 saturated heterocycles. The van der Waals surface area contributed by atoms with Gasteiger partial charge in [-0.25, -0.2) is 5.11 Å². The summed E-state index contributed by atoms with van der Waals surface area (Å²) in [4.78, 5) is 0. The maximum absolute atomic E-state index is 10.2. The van der Waals surface area contributed by atoms with Crippen LogP contribution in [-0.2, 0) is 5.11 Å². The fraction of sp³-hybridized carbons (Fsp3) is 1.00. The summed E-state index contributed by atoms with van der Waals surface area (Å²) in [7, 11) is 0. The second kappa shape index (κ2) is 2.99. The topological polar surface area (TPSA) is 31.9 Å². The molecule has 0 aliphatic heterocycles. The second-order valence-electron chi connectivity index (χ2n) is 1.96. The quantitative estimate of drug-likeness (QED) is 0.513. The Bertz CT molecular complexity index is 37.3. The fourth-order valence-electron chi connectivity index (χ4n) is 0.469. The summed E-state index contributed by atoms with van der Waals surface area (Å²) in [5.41, 5.74) is 0. The van der Waals surface area contributed by atoms with E-state index in [4.69, 9.17) is 0 Å². The molecule has 1 radical (unpaired) electrons. The van der Waals surface area contributed by atoms with Gasteiger partial charge in [0.25, 0.3) is 0 Å². The molecule has 0 heterocycles. The van der Waals surface area contributed by atoms with Gasteiger partial charge in [-0.2, -0.15) is 0 Å². The van der Waals surface area contributed by atoms with E-state index in [-0.39, 0.29) is 0 Å². The SMILES string of the molecule is CC(C)NC(C)[O]. The molecule has 43 valence electrons. The minimum absolute atomic E-state index is 0.312. The Kier molecular flexibility index (Phi) is 2.96. The predicted octanol–water partition coefficient (Wildman–Crippen LogP) is 0.761. The Labute approximate surface area is 44.5 Å². The number of hydrogen-bond acceptors (Lipinski definition) is 1. The van der Waals surface area contributed by atoms with E-state index >= 15 is 0 Å². The molecule has 0 bridgehead atoms. The van der Waals surface area contributed by atoms with Crippen LogP contribution in [0.5, 0.6) is 0 Å². The Morgan fingerprint density at radius 1 is 1.29 bits per heavy atom. The zero-order chi connectivity index (χ0) is 5.86. The first-order valence-corrected chi connectivity index (χ1v) is 2.55. The molecule has 0 rings (SSSR count). The molecule has 1 unspecified atom stereocenters. The molecule has 2 nitrogen and oxygen atoms in total. The molecular weight excluding hydrogens is 90.1 g/mol. The highest BCUT2D eigenvalue weighted by molar-refractivity contribution is 4.50. The summed E-state index contributed by atoms with van der Waals surface area (Å²) in [6.07, 6.45) is -0.625. The monoisotopic (exact) mass is 102 g/mol. The van der Waals surface area contributed by atoms with Crippen LogP contribution in [0, 0.1) is 0 Å². The van der Waals surface area contributed by atoms with E-state index in [2.05, 4.69) is 5.32 Å². The largest absolute Gasteiger partial charge is 0.287 e. The molecule has 0 aliphatic rings. The van der Waals surface area contributed by atoms with Crippen LogP contribution in [-0.4, -0.2) is 12.3 Å². The lowest BCUT2D eigenvalue weighted by Crippen LogP contribution is -2.30. The average molecular weight is 102 g/mol. The molecule has 0 amide bonds. The molecule has 7 heavy (non-hydrogen) atoms. The van der Waals surface area contributed by atoms with Gasteiger partial charge in [-0.15, -0.1) is 0 Å². The molecule has 0 saturated carbocycles. The summed E-state index contributed by atoms with van der Waals surface area (Å²) < 4.78 is 0. The maximum atomic E-state index is 10.2. The van der Waals surface area contributed by atoms with Crippen molar-refractivity contribution in [3.8, 4) is 0 Å². The van der Waals surface area contributed by atoms with Gasteiger partial charge in [0.2, 0.25) is 0 Å². The van der Waals surface area contributed by atoms with Gasteiger partial charge in [0.1, 0.15) is 6.23 Å². The highest BCUT2D eigenvalue weighted by atomic mass is 16.3. The van der Waals surface area contributed by atoms with Crippen LogP contribution in [0.3, 0.4) is 0 Å². The smallest absolute Gasteiger partial charge is 0.141 e. The van der Waals surface area contributed by atoms with E-state index in [1.165, 1.54) is 0 Å². The molecule has 0 spiro atoms. The highest BCUT2D eigenvalue weighted by Gasteiger charge is 1.96. The van der Waals surface area contributed by atoms with Crippen molar-refractivity contribution in [2.45, 2.75) is 33.0 Å². The first-order valence-electron chi connectivity index (χ1n) is 2.55. The minimum atomic E-state index is -0.625. The number of hydrogen-bond donors (Lipinski definition) is 1. The van der Waals surface area contributed by atoms with Gasteiger partial charge >= 0.3 is 0 Å². The molecule has 1 N–H and O–H groups in total. The molecule has 0 fully saturated rings. The molecule has 2 heteroatoms. The van der Waals surface area contributed by atoms with Gasteiger partial charge in [0.15, 0.2) is 0 Å². The number of rotatable bonds is 2. The van der Waals surface area contributed by atoms with Gasteiger partial charge in [-0.05, 0) is 20.8 Å². The van der Waals surface area contributed by atoms with E-state index in [0.717, 1.165) is 0 Å².